The monoisotopic (exact) mass is 363 g/mol. The van der Waals surface area contributed by atoms with E-state index in [2.05, 4.69) is 24.0 Å². The maximum atomic E-state index is 10.7. The van der Waals surface area contributed by atoms with Crippen LogP contribution >= 0.6 is 0 Å². The molecule has 2 N–H and O–H groups in total. The van der Waals surface area contributed by atoms with Crippen molar-refractivity contribution in [3.63, 3.8) is 0 Å². The van der Waals surface area contributed by atoms with Crippen molar-refractivity contribution in [2.75, 3.05) is 26.2 Å². The molecule has 26 heavy (non-hydrogen) atoms. The van der Waals surface area contributed by atoms with E-state index < -0.39 is 12.1 Å². The quantitative estimate of drug-likeness (QED) is 0.590. The fourth-order valence-corrected chi connectivity index (χ4v) is 3.69. The number of aryl methyl sites for hydroxylation is 1. The van der Waals surface area contributed by atoms with Gasteiger partial charge >= 0.3 is 5.97 Å². The van der Waals surface area contributed by atoms with Crippen LogP contribution in [0.1, 0.15) is 61.8 Å². The second-order valence-corrected chi connectivity index (χ2v) is 7.38. The number of rotatable bonds is 11. The van der Waals surface area contributed by atoms with E-state index in [1.807, 2.05) is 13.0 Å². The minimum Gasteiger partial charge on any atom is -0.481 e. The summed E-state index contributed by atoms with van der Waals surface area (Å²) in [5.41, 5.74) is 3.61. The molecule has 5 heteroatoms. The third-order valence-corrected chi connectivity index (χ3v) is 5.16. The van der Waals surface area contributed by atoms with Gasteiger partial charge < -0.3 is 19.8 Å². The Bertz CT molecular complexity index is 569. The molecule has 1 saturated heterocycles. The van der Waals surface area contributed by atoms with E-state index >= 15 is 0 Å². The first-order valence-corrected chi connectivity index (χ1v) is 9.79. The van der Waals surface area contributed by atoms with Crippen molar-refractivity contribution in [2.24, 2.45) is 0 Å². The van der Waals surface area contributed by atoms with E-state index in [1.54, 1.807) is 0 Å². The van der Waals surface area contributed by atoms with Crippen LogP contribution in [0.3, 0.4) is 0 Å². The van der Waals surface area contributed by atoms with Crippen LogP contribution < -0.4 is 0 Å². The summed E-state index contributed by atoms with van der Waals surface area (Å²) < 4.78 is 5.97. The Labute approximate surface area is 157 Å². The number of benzene rings is 1. The van der Waals surface area contributed by atoms with Crippen molar-refractivity contribution in [2.45, 2.75) is 64.6 Å². The number of aliphatic hydroxyl groups excluding tert-OH is 1. The lowest BCUT2D eigenvalue weighted by molar-refractivity contribution is -0.137. The van der Waals surface area contributed by atoms with Crippen LogP contribution in [0.5, 0.6) is 0 Å². The zero-order valence-corrected chi connectivity index (χ0v) is 16.1. The van der Waals surface area contributed by atoms with Crippen LogP contribution in [-0.2, 0) is 16.0 Å². The zero-order chi connectivity index (χ0) is 18.9. The number of aliphatic hydroxyl groups is 1. The van der Waals surface area contributed by atoms with Crippen molar-refractivity contribution in [1.82, 2.24) is 4.90 Å². The molecular formula is C21H33NO4. The number of likely N-dealkylation sites (tertiary alicyclic amines) is 1. The van der Waals surface area contributed by atoms with Gasteiger partial charge in [0.05, 0.1) is 18.8 Å². The van der Waals surface area contributed by atoms with E-state index in [4.69, 9.17) is 9.84 Å². The molecule has 0 saturated carbocycles. The summed E-state index contributed by atoms with van der Waals surface area (Å²) in [6.07, 6.45) is 4.52. The molecule has 0 amide bonds. The van der Waals surface area contributed by atoms with Gasteiger partial charge in [0, 0.05) is 13.0 Å². The van der Waals surface area contributed by atoms with E-state index in [0.29, 0.717) is 19.6 Å². The summed E-state index contributed by atoms with van der Waals surface area (Å²) in [6.45, 7) is 7.28. The summed E-state index contributed by atoms with van der Waals surface area (Å²) in [6, 6.07) is 6.20. The van der Waals surface area contributed by atoms with Crippen molar-refractivity contribution >= 4 is 5.97 Å². The Morgan fingerprint density at radius 2 is 2.00 bits per heavy atom. The summed E-state index contributed by atoms with van der Waals surface area (Å²) >= 11 is 0. The van der Waals surface area contributed by atoms with Gasteiger partial charge in [-0.2, -0.15) is 0 Å². The Morgan fingerprint density at radius 3 is 2.69 bits per heavy atom. The van der Waals surface area contributed by atoms with Gasteiger partial charge in [-0.25, -0.2) is 0 Å². The number of hydrogen-bond acceptors (Lipinski definition) is 4. The Hall–Kier alpha value is -1.43. The molecule has 2 atom stereocenters. The Balaban J connectivity index is 1.87. The van der Waals surface area contributed by atoms with Gasteiger partial charge in [0.1, 0.15) is 0 Å². The fourth-order valence-electron chi connectivity index (χ4n) is 3.69. The smallest absolute Gasteiger partial charge is 0.303 e. The maximum absolute atomic E-state index is 10.7. The molecule has 5 nitrogen and oxygen atoms in total. The van der Waals surface area contributed by atoms with E-state index in [-0.39, 0.29) is 12.5 Å². The highest BCUT2D eigenvalue weighted by atomic mass is 16.5. The van der Waals surface area contributed by atoms with Gasteiger partial charge in [0.15, 0.2) is 0 Å². The molecule has 0 bridgehead atoms. The van der Waals surface area contributed by atoms with Gasteiger partial charge in [-0.3, -0.25) is 4.79 Å². The predicted octanol–water partition coefficient (Wildman–Crippen LogP) is 3.33. The Kier molecular flexibility index (Phi) is 8.55. The predicted molar refractivity (Wildman–Crippen MR) is 102 cm³/mol. The third kappa shape index (κ3) is 6.71. The molecule has 0 unspecified atom stereocenters. The molecule has 2 rings (SSSR count). The first-order chi connectivity index (χ1) is 12.5. The lowest BCUT2D eigenvalue weighted by Gasteiger charge is -2.23. The van der Waals surface area contributed by atoms with Crippen molar-refractivity contribution in [3.05, 3.63) is 34.9 Å². The summed E-state index contributed by atoms with van der Waals surface area (Å²) in [5.74, 6) is -0.737. The van der Waals surface area contributed by atoms with Crippen LogP contribution in [0.2, 0.25) is 0 Å². The molecule has 146 valence electrons. The standard InChI is InChI=1S/C21H33NO4/c1-16-8-7-10-20(19(16)9-3-4-11-21(24)25)17(2)26-15-18(23)14-22-12-5-6-13-22/h7-8,10,17-18,23H,3-6,9,11-15H2,1-2H3,(H,24,25)/t17-,18-/m1/s1. The van der Waals surface area contributed by atoms with Crippen LogP contribution in [0, 0.1) is 6.92 Å². The largest absolute Gasteiger partial charge is 0.481 e. The summed E-state index contributed by atoms with van der Waals surface area (Å²) in [7, 11) is 0. The van der Waals surface area contributed by atoms with Crippen molar-refractivity contribution < 1.29 is 19.7 Å². The lowest BCUT2D eigenvalue weighted by Crippen LogP contribution is -2.33. The number of nitrogens with zero attached hydrogens (tertiary/aromatic N) is 1. The first-order valence-electron chi connectivity index (χ1n) is 9.79. The van der Waals surface area contributed by atoms with Gasteiger partial charge in [-0.05, 0) is 75.7 Å². The molecular weight excluding hydrogens is 330 g/mol. The highest BCUT2D eigenvalue weighted by Gasteiger charge is 2.18. The molecule has 0 aromatic heterocycles. The molecule has 1 aliphatic heterocycles. The molecule has 1 heterocycles. The highest BCUT2D eigenvalue weighted by Crippen LogP contribution is 2.26. The van der Waals surface area contributed by atoms with Crippen molar-refractivity contribution in [3.8, 4) is 0 Å². The zero-order valence-electron chi connectivity index (χ0n) is 16.1. The summed E-state index contributed by atoms with van der Waals surface area (Å²) in [4.78, 5) is 13.0. The average molecular weight is 363 g/mol. The third-order valence-electron chi connectivity index (χ3n) is 5.16. The molecule has 1 aromatic rings. The number of carbonyl (C=O) groups is 1. The SMILES string of the molecule is Cc1cccc([C@@H](C)OC[C@H](O)CN2CCCC2)c1CCCCC(=O)O. The topological polar surface area (TPSA) is 70.0 Å². The van der Waals surface area contributed by atoms with Gasteiger partial charge in [-0.15, -0.1) is 0 Å². The molecule has 0 spiro atoms. The van der Waals surface area contributed by atoms with E-state index in [1.165, 1.54) is 24.0 Å². The minimum atomic E-state index is -0.737. The Morgan fingerprint density at radius 1 is 1.27 bits per heavy atom. The molecule has 1 aromatic carbocycles. The first kappa shape index (κ1) is 20.9. The van der Waals surface area contributed by atoms with Gasteiger partial charge in [0.2, 0.25) is 0 Å². The molecule has 1 fully saturated rings. The molecule has 1 aliphatic rings. The second kappa shape index (κ2) is 10.7. The maximum Gasteiger partial charge on any atom is 0.303 e. The summed E-state index contributed by atoms with van der Waals surface area (Å²) in [5, 5.41) is 19.0. The van der Waals surface area contributed by atoms with Crippen LogP contribution in [-0.4, -0.2) is 53.4 Å². The molecule has 0 aliphatic carbocycles. The number of hydrogen-bond donors (Lipinski definition) is 2. The number of ether oxygens (including phenoxy) is 1. The average Bonchev–Trinajstić information content (AvgIpc) is 3.10. The highest BCUT2D eigenvalue weighted by molar-refractivity contribution is 5.66. The number of unbranched alkanes of at least 4 members (excludes halogenated alkanes) is 1. The van der Waals surface area contributed by atoms with E-state index in [9.17, 15) is 9.90 Å². The number of carboxylic acids is 1. The van der Waals surface area contributed by atoms with Crippen LogP contribution in [0.4, 0.5) is 0 Å². The van der Waals surface area contributed by atoms with Crippen LogP contribution in [0.25, 0.3) is 0 Å². The lowest BCUT2D eigenvalue weighted by atomic mass is 9.94. The second-order valence-electron chi connectivity index (χ2n) is 7.38. The van der Waals surface area contributed by atoms with Crippen LogP contribution in [0.15, 0.2) is 18.2 Å². The fraction of sp³-hybridized carbons (Fsp3) is 0.667. The number of aliphatic carboxylic acids is 1. The van der Waals surface area contributed by atoms with Gasteiger partial charge in [0.25, 0.3) is 0 Å². The minimum absolute atomic E-state index is 0.0856. The number of β-amino-alcohol motifs (C(OH)–C–C–N with tert-alkyl or cyclic N) is 1. The van der Waals surface area contributed by atoms with Gasteiger partial charge in [-0.1, -0.05) is 18.2 Å². The van der Waals surface area contributed by atoms with E-state index in [0.717, 1.165) is 31.5 Å². The number of carboxylic acid groups (broad SMARTS) is 1. The normalized spacial score (nSPS) is 17.3. The van der Waals surface area contributed by atoms with Crippen molar-refractivity contribution in [1.29, 1.82) is 0 Å². The molecule has 0 radical (unpaired) electrons.